The van der Waals surface area contributed by atoms with E-state index in [1.807, 2.05) is 0 Å². The molecule has 0 saturated carbocycles. The minimum atomic E-state index is 0.661. The lowest BCUT2D eigenvalue weighted by molar-refractivity contribution is 0.180. The van der Waals surface area contributed by atoms with E-state index in [0.29, 0.717) is 12.1 Å². The smallest absolute Gasteiger partial charge is 0.111 e. The molecule has 17 heavy (non-hydrogen) atoms. The number of benzene rings is 1. The Hall–Kier alpha value is -1.22. The van der Waals surface area contributed by atoms with Crippen molar-refractivity contribution in [3.05, 3.63) is 24.3 Å². The van der Waals surface area contributed by atoms with Crippen molar-refractivity contribution in [2.45, 2.75) is 31.8 Å². The third-order valence-electron chi connectivity index (χ3n) is 4.21. The Morgan fingerprint density at radius 3 is 2.94 bits per heavy atom. The van der Waals surface area contributed by atoms with Crippen molar-refractivity contribution in [2.75, 3.05) is 25.2 Å². The van der Waals surface area contributed by atoms with Gasteiger partial charge in [0.2, 0.25) is 0 Å². The summed E-state index contributed by atoms with van der Waals surface area (Å²) in [5, 5.41) is 4.61. The highest BCUT2D eigenvalue weighted by atomic mass is 15.3. The predicted octanol–water partition coefficient (Wildman–Crippen LogP) is 2.18. The molecular formula is C14H20N3. The molecule has 2 atom stereocenters. The Labute approximate surface area is 103 Å². The van der Waals surface area contributed by atoms with Gasteiger partial charge in [0.25, 0.3) is 0 Å². The van der Waals surface area contributed by atoms with Crippen LogP contribution in [0.4, 0.5) is 11.4 Å². The molecule has 1 aromatic carbocycles. The summed E-state index contributed by atoms with van der Waals surface area (Å²) >= 11 is 0. The molecule has 0 bridgehead atoms. The fourth-order valence-electron chi connectivity index (χ4n) is 2.93. The second-order valence-electron chi connectivity index (χ2n) is 5.27. The number of rotatable bonds is 1. The van der Waals surface area contributed by atoms with Crippen LogP contribution in [0.5, 0.6) is 0 Å². The molecule has 3 heteroatoms. The number of nitrogens with zero attached hydrogens (tertiary/aromatic N) is 3. The second kappa shape index (κ2) is 4.22. The van der Waals surface area contributed by atoms with E-state index in [1.54, 1.807) is 0 Å². The second-order valence-corrected chi connectivity index (χ2v) is 5.27. The highest BCUT2D eigenvalue weighted by Crippen LogP contribution is 2.35. The molecule has 0 spiro atoms. The zero-order chi connectivity index (χ0) is 11.8. The summed E-state index contributed by atoms with van der Waals surface area (Å²) in [7, 11) is 2.23. The fourth-order valence-corrected chi connectivity index (χ4v) is 2.93. The standard InChI is InChI=1S/C14H20N3/c1-11-9-12(7-8-16(11)2)17-10-15-13-5-3-4-6-14(13)17/h3-6,11-12H,7-10H2,1-2H3. The number of anilines is 1. The van der Waals surface area contributed by atoms with Crippen LogP contribution < -0.4 is 10.2 Å². The van der Waals surface area contributed by atoms with Crippen molar-refractivity contribution >= 4 is 11.4 Å². The number of hydrogen-bond donors (Lipinski definition) is 0. The van der Waals surface area contributed by atoms with E-state index in [1.165, 1.54) is 30.8 Å². The number of para-hydroxylation sites is 2. The number of fused-ring (bicyclic) bond motifs is 1. The van der Waals surface area contributed by atoms with E-state index in [-0.39, 0.29) is 0 Å². The van der Waals surface area contributed by atoms with Gasteiger partial charge in [0.05, 0.1) is 11.4 Å². The maximum Gasteiger partial charge on any atom is 0.111 e. The fraction of sp³-hybridized carbons (Fsp3) is 0.571. The molecule has 1 saturated heterocycles. The number of piperidine rings is 1. The zero-order valence-corrected chi connectivity index (χ0v) is 10.6. The lowest BCUT2D eigenvalue weighted by atomic mass is 9.97. The first-order valence-electron chi connectivity index (χ1n) is 6.49. The van der Waals surface area contributed by atoms with Crippen LogP contribution in [0.25, 0.3) is 0 Å². The first-order valence-corrected chi connectivity index (χ1v) is 6.49. The first-order chi connectivity index (χ1) is 8.25. The molecule has 3 nitrogen and oxygen atoms in total. The van der Waals surface area contributed by atoms with E-state index in [4.69, 9.17) is 0 Å². The Morgan fingerprint density at radius 1 is 1.29 bits per heavy atom. The van der Waals surface area contributed by atoms with Gasteiger partial charge in [-0.15, -0.1) is 0 Å². The van der Waals surface area contributed by atoms with Crippen LogP contribution in [0.2, 0.25) is 0 Å². The van der Waals surface area contributed by atoms with Crippen LogP contribution in [0.1, 0.15) is 19.8 Å². The largest absolute Gasteiger partial charge is 0.347 e. The van der Waals surface area contributed by atoms with Gasteiger partial charge in [-0.2, -0.15) is 0 Å². The molecule has 2 heterocycles. The van der Waals surface area contributed by atoms with Gasteiger partial charge >= 0.3 is 0 Å². The van der Waals surface area contributed by atoms with E-state index >= 15 is 0 Å². The summed E-state index contributed by atoms with van der Waals surface area (Å²) in [5.74, 6) is 0. The molecular weight excluding hydrogens is 210 g/mol. The average molecular weight is 230 g/mol. The van der Waals surface area contributed by atoms with Crippen LogP contribution in [-0.2, 0) is 0 Å². The summed E-state index contributed by atoms with van der Waals surface area (Å²) in [5.41, 5.74) is 2.49. The van der Waals surface area contributed by atoms with Crippen LogP contribution in [0.15, 0.2) is 24.3 Å². The minimum Gasteiger partial charge on any atom is -0.347 e. The van der Waals surface area contributed by atoms with Gasteiger partial charge in [-0.05, 0) is 38.9 Å². The van der Waals surface area contributed by atoms with Gasteiger partial charge < -0.3 is 9.80 Å². The minimum absolute atomic E-state index is 0.661. The van der Waals surface area contributed by atoms with Crippen LogP contribution in [-0.4, -0.2) is 37.2 Å². The quantitative estimate of drug-likeness (QED) is 0.737. The highest BCUT2D eigenvalue weighted by Gasteiger charge is 2.31. The maximum atomic E-state index is 4.61. The molecule has 2 aliphatic heterocycles. The van der Waals surface area contributed by atoms with Crippen LogP contribution in [0, 0.1) is 0 Å². The Kier molecular flexibility index (Phi) is 2.71. The SMILES string of the molecule is CC1CC(N2C[N]c3ccccc32)CCN1C. The molecule has 2 unspecified atom stereocenters. The van der Waals surface area contributed by atoms with Crippen molar-refractivity contribution in [3.63, 3.8) is 0 Å². The molecule has 3 rings (SSSR count). The summed E-state index contributed by atoms with van der Waals surface area (Å²) in [6, 6.07) is 9.85. The molecule has 1 aromatic rings. The van der Waals surface area contributed by atoms with Crippen molar-refractivity contribution in [1.82, 2.24) is 10.2 Å². The summed E-state index contributed by atoms with van der Waals surface area (Å²) < 4.78 is 0. The Morgan fingerprint density at radius 2 is 2.12 bits per heavy atom. The summed E-state index contributed by atoms with van der Waals surface area (Å²) in [6.07, 6.45) is 2.51. The van der Waals surface area contributed by atoms with Crippen molar-refractivity contribution in [2.24, 2.45) is 0 Å². The van der Waals surface area contributed by atoms with E-state index < -0.39 is 0 Å². The van der Waals surface area contributed by atoms with E-state index in [2.05, 4.69) is 53.4 Å². The highest BCUT2D eigenvalue weighted by molar-refractivity contribution is 5.70. The molecule has 0 aliphatic carbocycles. The Balaban J connectivity index is 1.78. The molecule has 0 aromatic heterocycles. The molecule has 1 radical (unpaired) electrons. The average Bonchev–Trinajstić information content (AvgIpc) is 2.76. The maximum absolute atomic E-state index is 4.61. The van der Waals surface area contributed by atoms with Crippen molar-refractivity contribution in [3.8, 4) is 0 Å². The first kappa shape index (κ1) is 10.9. The van der Waals surface area contributed by atoms with Gasteiger partial charge in [-0.3, -0.25) is 5.32 Å². The van der Waals surface area contributed by atoms with E-state index in [9.17, 15) is 0 Å². The van der Waals surface area contributed by atoms with Gasteiger partial charge in [0.1, 0.15) is 6.67 Å². The molecule has 0 amide bonds. The van der Waals surface area contributed by atoms with Gasteiger partial charge in [0.15, 0.2) is 0 Å². The summed E-state index contributed by atoms with van der Waals surface area (Å²) in [4.78, 5) is 4.94. The number of hydrogen-bond acceptors (Lipinski definition) is 2. The molecule has 91 valence electrons. The van der Waals surface area contributed by atoms with Crippen LogP contribution in [0.3, 0.4) is 0 Å². The molecule has 1 fully saturated rings. The molecule has 0 N–H and O–H groups in total. The van der Waals surface area contributed by atoms with Gasteiger partial charge in [-0.1, -0.05) is 12.1 Å². The lowest BCUT2D eigenvalue weighted by Crippen LogP contribution is -2.47. The predicted molar refractivity (Wildman–Crippen MR) is 70.7 cm³/mol. The summed E-state index contributed by atoms with van der Waals surface area (Å²) in [6.45, 7) is 4.37. The Bertz CT molecular complexity index is 404. The zero-order valence-electron chi connectivity index (χ0n) is 10.6. The number of likely N-dealkylation sites (tertiary alicyclic amines) is 1. The normalized spacial score (nSPS) is 28.9. The topological polar surface area (TPSA) is 20.6 Å². The monoisotopic (exact) mass is 230 g/mol. The van der Waals surface area contributed by atoms with Crippen molar-refractivity contribution < 1.29 is 0 Å². The van der Waals surface area contributed by atoms with Crippen molar-refractivity contribution in [1.29, 1.82) is 0 Å². The molecule has 2 aliphatic rings. The van der Waals surface area contributed by atoms with Gasteiger partial charge in [-0.25, -0.2) is 0 Å². The third-order valence-corrected chi connectivity index (χ3v) is 4.21. The van der Waals surface area contributed by atoms with Crippen LogP contribution >= 0.6 is 0 Å². The van der Waals surface area contributed by atoms with E-state index in [0.717, 1.165) is 6.67 Å². The third kappa shape index (κ3) is 1.89. The lowest BCUT2D eigenvalue weighted by Gasteiger charge is -2.39. The van der Waals surface area contributed by atoms with Gasteiger partial charge in [0, 0.05) is 18.6 Å².